The van der Waals surface area contributed by atoms with Gasteiger partial charge in [0.1, 0.15) is 5.76 Å². The first-order chi connectivity index (χ1) is 11.1. The Balaban J connectivity index is 1.75. The zero-order chi connectivity index (χ0) is 16.7. The van der Waals surface area contributed by atoms with Gasteiger partial charge < -0.3 is 20.2 Å². The number of hydrogen-bond donors (Lipinski definition) is 3. The van der Waals surface area contributed by atoms with Gasteiger partial charge in [0.05, 0.1) is 18.3 Å². The molecule has 0 atom stereocenters. The molecule has 0 radical (unpaired) electrons. The molecule has 0 aliphatic heterocycles. The van der Waals surface area contributed by atoms with Crippen molar-refractivity contribution in [1.82, 2.24) is 15.6 Å². The first-order valence-electron chi connectivity index (χ1n) is 7.36. The van der Waals surface area contributed by atoms with Crippen molar-refractivity contribution >= 4 is 12.0 Å². The summed E-state index contributed by atoms with van der Waals surface area (Å²) in [6, 6.07) is 6.00. The highest BCUT2D eigenvalue weighted by atomic mass is 16.4. The largest absolute Gasteiger partial charge is 0.478 e. The van der Waals surface area contributed by atoms with Gasteiger partial charge in [-0.2, -0.15) is 0 Å². The molecule has 0 saturated carbocycles. The minimum absolute atomic E-state index is 0.214. The molecule has 0 aliphatic rings. The molecule has 7 nitrogen and oxygen atoms in total. The molecule has 0 aliphatic carbocycles. The van der Waals surface area contributed by atoms with Gasteiger partial charge >= 0.3 is 12.0 Å². The Morgan fingerprint density at radius 1 is 1.17 bits per heavy atom. The second kappa shape index (κ2) is 7.98. The van der Waals surface area contributed by atoms with Gasteiger partial charge in [-0.05, 0) is 24.1 Å². The number of nitrogens with one attached hydrogen (secondary N) is 2. The quantitative estimate of drug-likeness (QED) is 0.727. The molecule has 122 valence electrons. The SMILES string of the molecule is CCCc1ncc(CNC(=O)NCc2ccc(C(=O)O)cc2)o1. The van der Waals surface area contributed by atoms with Gasteiger partial charge in [0, 0.05) is 13.0 Å². The molecule has 2 amide bonds. The van der Waals surface area contributed by atoms with Crippen molar-refractivity contribution in [3.8, 4) is 0 Å². The van der Waals surface area contributed by atoms with Crippen molar-refractivity contribution in [3.63, 3.8) is 0 Å². The predicted octanol–water partition coefficient (Wildman–Crippen LogP) is 2.32. The maximum absolute atomic E-state index is 11.7. The van der Waals surface area contributed by atoms with Crippen LogP contribution in [0.25, 0.3) is 0 Å². The number of urea groups is 1. The number of oxazole rings is 1. The van der Waals surface area contributed by atoms with Gasteiger partial charge in [-0.25, -0.2) is 14.6 Å². The summed E-state index contributed by atoms with van der Waals surface area (Å²) in [4.78, 5) is 26.6. The van der Waals surface area contributed by atoms with E-state index >= 15 is 0 Å². The number of aryl methyl sites for hydroxylation is 1. The number of carbonyl (C=O) groups excluding carboxylic acids is 1. The molecule has 7 heteroatoms. The van der Waals surface area contributed by atoms with Crippen molar-refractivity contribution < 1.29 is 19.1 Å². The number of rotatable bonds is 7. The molecule has 0 fully saturated rings. The number of aromatic nitrogens is 1. The van der Waals surface area contributed by atoms with Gasteiger partial charge in [-0.3, -0.25) is 0 Å². The molecule has 0 unspecified atom stereocenters. The average Bonchev–Trinajstić information content (AvgIpc) is 2.99. The summed E-state index contributed by atoms with van der Waals surface area (Å²) in [5, 5.41) is 14.2. The van der Waals surface area contributed by atoms with E-state index < -0.39 is 5.97 Å². The van der Waals surface area contributed by atoms with Gasteiger partial charge in [0.25, 0.3) is 0 Å². The van der Waals surface area contributed by atoms with E-state index in [-0.39, 0.29) is 18.1 Å². The number of carbonyl (C=O) groups is 2. The number of nitrogens with zero attached hydrogens (tertiary/aromatic N) is 1. The summed E-state index contributed by atoms with van der Waals surface area (Å²) < 4.78 is 5.46. The zero-order valence-electron chi connectivity index (χ0n) is 12.8. The second-order valence-corrected chi connectivity index (χ2v) is 5.01. The summed E-state index contributed by atoms with van der Waals surface area (Å²) in [6.45, 7) is 2.61. The Bertz CT molecular complexity index is 664. The van der Waals surface area contributed by atoms with Crippen LogP contribution in [0.4, 0.5) is 4.79 Å². The van der Waals surface area contributed by atoms with E-state index in [1.54, 1.807) is 18.3 Å². The maximum Gasteiger partial charge on any atom is 0.335 e. The molecule has 2 aromatic rings. The Hall–Kier alpha value is -2.83. The Morgan fingerprint density at radius 2 is 1.87 bits per heavy atom. The first-order valence-corrected chi connectivity index (χ1v) is 7.36. The van der Waals surface area contributed by atoms with E-state index in [0.717, 1.165) is 18.4 Å². The van der Waals surface area contributed by atoms with Gasteiger partial charge in [0.15, 0.2) is 5.89 Å². The van der Waals surface area contributed by atoms with Gasteiger partial charge in [-0.1, -0.05) is 19.1 Å². The number of carboxylic acids is 1. The van der Waals surface area contributed by atoms with Crippen LogP contribution in [0.3, 0.4) is 0 Å². The summed E-state index contributed by atoms with van der Waals surface area (Å²) in [5.74, 6) is 0.300. The number of aromatic carboxylic acids is 1. The van der Waals surface area contributed by atoms with E-state index in [9.17, 15) is 9.59 Å². The van der Waals surface area contributed by atoms with Crippen LogP contribution in [0.5, 0.6) is 0 Å². The third kappa shape index (κ3) is 5.14. The van der Waals surface area contributed by atoms with Crippen LogP contribution >= 0.6 is 0 Å². The lowest BCUT2D eigenvalue weighted by Gasteiger charge is -2.06. The Kier molecular flexibility index (Phi) is 5.74. The smallest absolute Gasteiger partial charge is 0.335 e. The van der Waals surface area contributed by atoms with Crippen molar-refractivity contribution in [2.75, 3.05) is 0 Å². The van der Waals surface area contributed by atoms with Crippen molar-refractivity contribution in [3.05, 3.63) is 53.2 Å². The highest BCUT2D eigenvalue weighted by molar-refractivity contribution is 5.87. The lowest BCUT2D eigenvalue weighted by Crippen LogP contribution is -2.34. The van der Waals surface area contributed by atoms with Crippen LogP contribution in [0.15, 0.2) is 34.9 Å². The first kappa shape index (κ1) is 16.5. The van der Waals surface area contributed by atoms with E-state index in [0.29, 0.717) is 18.2 Å². The summed E-state index contributed by atoms with van der Waals surface area (Å²) in [7, 11) is 0. The van der Waals surface area contributed by atoms with Gasteiger partial charge in [0.2, 0.25) is 0 Å². The van der Waals surface area contributed by atoms with E-state index in [1.807, 2.05) is 6.92 Å². The number of amides is 2. The highest BCUT2D eigenvalue weighted by Gasteiger charge is 2.06. The lowest BCUT2D eigenvalue weighted by molar-refractivity contribution is 0.0697. The lowest BCUT2D eigenvalue weighted by atomic mass is 10.1. The van der Waals surface area contributed by atoms with Crippen LogP contribution < -0.4 is 10.6 Å². The van der Waals surface area contributed by atoms with Crippen LogP contribution in [-0.2, 0) is 19.5 Å². The zero-order valence-corrected chi connectivity index (χ0v) is 12.8. The standard InChI is InChI=1S/C16H19N3O4/c1-2-3-14-17-9-13(23-14)10-19-16(22)18-8-11-4-6-12(7-5-11)15(20)21/h4-7,9H,2-3,8,10H2,1H3,(H,20,21)(H2,18,19,22). The average molecular weight is 317 g/mol. The van der Waals surface area contributed by atoms with Gasteiger partial charge in [-0.15, -0.1) is 0 Å². The Labute approximate surface area is 133 Å². The fraction of sp³-hybridized carbons (Fsp3) is 0.312. The molecule has 0 saturated heterocycles. The second-order valence-electron chi connectivity index (χ2n) is 5.01. The predicted molar refractivity (Wildman–Crippen MR) is 83.0 cm³/mol. The molecule has 23 heavy (non-hydrogen) atoms. The number of hydrogen-bond acceptors (Lipinski definition) is 4. The fourth-order valence-corrected chi connectivity index (χ4v) is 1.94. The normalized spacial score (nSPS) is 10.3. The fourth-order valence-electron chi connectivity index (χ4n) is 1.94. The third-order valence-electron chi connectivity index (χ3n) is 3.14. The van der Waals surface area contributed by atoms with Crippen LogP contribution in [0, 0.1) is 0 Å². The molecular weight excluding hydrogens is 298 g/mol. The van der Waals surface area contributed by atoms with E-state index in [4.69, 9.17) is 9.52 Å². The molecule has 1 aromatic heterocycles. The monoisotopic (exact) mass is 317 g/mol. The minimum Gasteiger partial charge on any atom is -0.478 e. The van der Waals surface area contributed by atoms with Crippen molar-refractivity contribution in [2.24, 2.45) is 0 Å². The third-order valence-corrected chi connectivity index (χ3v) is 3.14. The Morgan fingerprint density at radius 3 is 2.52 bits per heavy atom. The van der Waals surface area contributed by atoms with Crippen molar-refractivity contribution in [1.29, 1.82) is 0 Å². The molecule has 2 rings (SSSR count). The highest BCUT2D eigenvalue weighted by Crippen LogP contribution is 2.06. The van der Waals surface area contributed by atoms with Crippen LogP contribution in [-0.4, -0.2) is 22.1 Å². The molecule has 3 N–H and O–H groups in total. The van der Waals surface area contributed by atoms with E-state index in [2.05, 4.69) is 15.6 Å². The topological polar surface area (TPSA) is 104 Å². The molecule has 0 bridgehead atoms. The summed E-state index contributed by atoms with van der Waals surface area (Å²) >= 11 is 0. The van der Waals surface area contributed by atoms with Crippen molar-refractivity contribution in [2.45, 2.75) is 32.9 Å². The summed E-state index contributed by atoms with van der Waals surface area (Å²) in [5.41, 5.74) is 1.03. The summed E-state index contributed by atoms with van der Waals surface area (Å²) in [6.07, 6.45) is 3.34. The molecular formula is C16H19N3O4. The molecule has 0 spiro atoms. The minimum atomic E-state index is -0.975. The molecule has 1 heterocycles. The number of benzene rings is 1. The number of carboxylic acid groups (broad SMARTS) is 1. The van der Waals surface area contributed by atoms with Crippen LogP contribution in [0.1, 0.15) is 40.9 Å². The maximum atomic E-state index is 11.7. The van der Waals surface area contributed by atoms with Crippen LogP contribution in [0.2, 0.25) is 0 Å². The van der Waals surface area contributed by atoms with E-state index in [1.165, 1.54) is 12.1 Å². The molecule has 1 aromatic carbocycles.